The lowest BCUT2D eigenvalue weighted by Gasteiger charge is -2.44. The molecule has 0 aromatic rings. The maximum absolute atomic E-state index is 6.07. The Bertz CT molecular complexity index is 169. The Kier molecular flexibility index (Phi) is 3.93. The Balaban J connectivity index is 2.66. The maximum Gasteiger partial charge on any atom is 0.0594 e. The van der Waals surface area contributed by atoms with Crippen molar-refractivity contribution in [3.8, 4) is 0 Å². The standard InChI is InChI=1S/C11H24N2O/c1-9(12)10(11(2,3)4)13-5-7-14-8-6-13/h9-10H,5-8,12H2,1-4H3. The van der Waals surface area contributed by atoms with Gasteiger partial charge in [0.25, 0.3) is 0 Å². The van der Waals surface area contributed by atoms with Crippen molar-refractivity contribution in [2.24, 2.45) is 11.1 Å². The van der Waals surface area contributed by atoms with Crippen LogP contribution in [0, 0.1) is 5.41 Å². The summed E-state index contributed by atoms with van der Waals surface area (Å²) in [7, 11) is 0. The number of morpholine rings is 1. The van der Waals surface area contributed by atoms with Gasteiger partial charge in [0.1, 0.15) is 0 Å². The first-order valence-electron chi connectivity index (χ1n) is 5.50. The van der Waals surface area contributed by atoms with Gasteiger partial charge in [0.15, 0.2) is 0 Å². The minimum atomic E-state index is 0.216. The summed E-state index contributed by atoms with van der Waals surface area (Å²) in [5, 5.41) is 0. The third-order valence-electron chi connectivity index (χ3n) is 2.82. The molecule has 0 aromatic carbocycles. The molecule has 0 spiro atoms. The number of nitrogens with two attached hydrogens (primary N) is 1. The molecule has 0 amide bonds. The molecule has 3 nitrogen and oxygen atoms in total. The van der Waals surface area contributed by atoms with E-state index in [1.165, 1.54) is 0 Å². The van der Waals surface area contributed by atoms with Crippen molar-refractivity contribution < 1.29 is 4.74 Å². The van der Waals surface area contributed by atoms with Crippen LogP contribution < -0.4 is 5.73 Å². The lowest BCUT2D eigenvalue weighted by Crippen LogP contribution is -2.56. The summed E-state index contributed by atoms with van der Waals surface area (Å²) in [6.07, 6.45) is 0. The molecule has 2 unspecified atom stereocenters. The topological polar surface area (TPSA) is 38.5 Å². The molecular formula is C11H24N2O. The van der Waals surface area contributed by atoms with Crippen LogP contribution in [0.2, 0.25) is 0 Å². The second-order valence-corrected chi connectivity index (χ2v) is 5.32. The SMILES string of the molecule is CC(N)C(N1CCOCC1)C(C)(C)C. The van der Waals surface area contributed by atoms with Gasteiger partial charge in [-0.1, -0.05) is 20.8 Å². The van der Waals surface area contributed by atoms with E-state index in [1.807, 2.05) is 0 Å². The predicted octanol–water partition coefficient (Wildman–Crippen LogP) is 1.08. The van der Waals surface area contributed by atoms with E-state index >= 15 is 0 Å². The first-order valence-corrected chi connectivity index (χ1v) is 5.50. The van der Waals surface area contributed by atoms with E-state index in [0.29, 0.717) is 6.04 Å². The molecule has 14 heavy (non-hydrogen) atoms. The van der Waals surface area contributed by atoms with Crippen LogP contribution in [0.25, 0.3) is 0 Å². The van der Waals surface area contributed by atoms with Crippen molar-refractivity contribution in [3.63, 3.8) is 0 Å². The van der Waals surface area contributed by atoms with E-state index in [2.05, 4.69) is 32.6 Å². The molecule has 1 aliphatic heterocycles. The van der Waals surface area contributed by atoms with E-state index in [4.69, 9.17) is 10.5 Å². The van der Waals surface area contributed by atoms with Crippen LogP contribution in [0.4, 0.5) is 0 Å². The van der Waals surface area contributed by atoms with E-state index in [9.17, 15) is 0 Å². The summed E-state index contributed by atoms with van der Waals surface area (Å²) >= 11 is 0. The smallest absolute Gasteiger partial charge is 0.0594 e. The van der Waals surface area contributed by atoms with Crippen LogP contribution in [0.3, 0.4) is 0 Å². The van der Waals surface area contributed by atoms with Gasteiger partial charge >= 0.3 is 0 Å². The van der Waals surface area contributed by atoms with Crippen molar-refractivity contribution in [1.29, 1.82) is 0 Å². The summed E-state index contributed by atoms with van der Waals surface area (Å²) in [4.78, 5) is 2.47. The first kappa shape index (κ1) is 12.0. The van der Waals surface area contributed by atoms with Gasteiger partial charge in [-0.3, -0.25) is 4.90 Å². The highest BCUT2D eigenvalue weighted by molar-refractivity contribution is 4.89. The van der Waals surface area contributed by atoms with Gasteiger partial charge in [0.2, 0.25) is 0 Å². The molecule has 2 atom stereocenters. The summed E-state index contributed by atoms with van der Waals surface area (Å²) in [6.45, 7) is 12.6. The average Bonchev–Trinajstić information content (AvgIpc) is 2.02. The van der Waals surface area contributed by atoms with E-state index in [-0.39, 0.29) is 11.5 Å². The van der Waals surface area contributed by atoms with Crippen LogP contribution in [-0.4, -0.2) is 43.3 Å². The van der Waals surface area contributed by atoms with Crippen molar-refractivity contribution >= 4 is 0 Å². The predicted molar refractivity (Wildman–Crippen MR) is 59.3 cm³/mol. The molecule has 2 N–H and O–H groups in total. The molecule has 3 heteroatoms. The van der Waals surface area contributed by atoms with E-state index < -0.39 is 0 Å². The van der Waals surface area contributed by atoms with Crippen LogP contribution in [0.15, 0.2) is 0 Å². The third kappa shape index (κ3) is 2.94. The molecule has 0 radical (unpaired) electrons. The summed E-state index contributed by atoms with van der Waals surface area (Å²) in [5.74, 6) is 0. The van der Waals surface area contributed by atoms with Crippen molar-refractivity contribution in [2.45, 2.75) is 39.8 Å². The number of nitrogens with zero attached hydrogens (tertiary/aromatic N) is 1. The molecule has 1 fully saturated rings. The second-order valence-electron chi connectivity index (χ2n) is 5.32. The zero-order valence-electron chi connectivity index (χ0n) is 9.92. The Labute approximate surface area is 87.6 Å². The fourth-order valence-corrected chi connectivity index (χ4v) is 2.52. The van der Waals surface area contributed by atoms with Gasteiger partial charge in [0.05, 0.1) is 13.2 Å². The molecule has 0 bridgehead atoms. The first-order chi connectivity index (χ1) is 6.43. The number of hydrogen-bond donors (Lipinski definition) is 1. The molecule has 1 aliphatic rings. The monoisotopic (exact) mass is 200 g/mol. The van der Waals surface area contributed by atoms with Gasteiger partial charge in [-0.2, -0.15) is 0 Å². The summed E-state index contributed by atoms with van der Waals surface area (Å²) in [5.41, 5.74) is 6.31. The Morgan fingerprint density at radius 2 is 1.71 bits per heavy atom. The fraction of sp³-hybridized carbons (Fsp3) is 1.00. The molecule has 84 valence electrons. The second kappa shape index (κ2) is 4.60. The molecule has 1 rings (SSSR count). The van der Waals surface area contributed by atoms with Crippen molar-refractivity contribution in [3.05, 3.63) is 0 Å². The van der Waals surface area contributed by atoms with Crippen LogP contribution >= 0.6 is 0 Å². The third-order valence-corrected chi connectivity index (χ3v) is 2.82. The lowest BCUT2D eigenvalue weighted by molar-refractivity contribution is -0.0165. The summed E-state index contributed by atoms with van der Waals surface area (Å²) in [6, 6.07) is 0.666. The molecule has 0 aromatic heterocycles. The average molecular weight is 200 g/mol. The maximum atomic E-state index is 6.07. The highest BCUT2D eigenvalue weighted by Crippen LogP contribution is 2.26. The van der Waals surface area contributed by atoms with Gasteiger partial charge in [-0.25, -0.2) is 0 Å². The summed E-state index contributed by atoms with van der Waals surface area (Å²) < 4.78 is 5.36. The van der Waals surface area contributed by atoms with E-state index in [0.717, 1.165) is 26.3 Å². The molecule has 1 heterocycles. The van der Waals surface area contributed by atoms with Crippen LogP contribution in [0.5, 0.6) is 0 Å². The van der Waals surface area contributed by atoms with E-state index in [1.54, 1.807) is 0 Å². The number of rotatable bonds is 2. The van der Waals surface area contributed by atoms with Crippen LogP contribution in [0.1, 0.15) is 27.7 Å². The minimum Gasteiger partial charge on any atom is -0.379 e. The lowest BCUT2D eigenvalue weighted by atomic mass is 9.81. The molecular weight excluding hydrogens is 176 g/mol. The fourth-order valence-electron chi connectivity index (χ4n) is 2.52. The Hall–Kier alpha value is -0.120. The largest absolute Gasteiger partial charge is 0.379 e. The molecule has 0 saturated carbocycles. The van der Waals surface area contributed by atoms with Crippen molar-refractivity contribution in [1.82, 2.24) is 4.90 Å². The van der Waals surface area contributed by atoms with Gasteiger partial charge < -0.3 is 10.5 Å². The van der Waals surface area contributed by atoms with Gasteiger partial charge in [0, 0.05) is 25.2 Å². The van der Waals surface area contributed by atoms with Crippen molar-refractivity contribution in [2.75, 3.05) is 26.3 Å². The van der Waals surface area contributed by atoms with Gasteiger partial charge in [-0.05, 0) is 12.3 Å². The Morgan fingerprint density at radius 3 is 2.07 bits per heavy atom. The Morgan fingerprint density at radius 1 is 1.21 bits per heavy atom. The number of hydrogen-bond acceptors (Lipinski definition) is 3. The quantitative estimate of drug-likeness (QED) is 0.725. The normalized spacial score (nSPS) is 24.6. The zero-order chi connectivity index (χ0) is 10.8. The number of ether oxygens (including phenoxy) is 1. The highest BCUT2D eigenvalue weighted by Gasteiger charge is 2.33. The molecule has 0 aliphatic carbocycles. The zero-order valence-corrected chi connectivity index (χ0v) is 9.92. The molecule has 1 saturated heterocycles. The highest BCUT2D eigenvalue weighted by atomic mass is 16.5. The van der Waals surface area contributed by atoms with Crippen LogP contribution in [-0.2, 0) is 4.74 Å². The van der Waals surface area contributed by atoms with Gasteiger partial charge in [-0.15, -0.1) is 0 Å². The minimum absolute atomic E-state index is 0.216.